The van der Waals surface area contributed by atoms with Gasteiger partial charge in [-0.05, 0) is 86.7 Å². The molecule has 4 nitrogen and oxygen atoms in total. The molecule has 0 bridgehead atoms. The molecular formula is C38H41BrN2O2. The number of pyridine rings is 1. The summed E-state index contributed by atoms with van der Waals surface area (Å²) in [6.45, 7) is 1.88. The number of nitrogens with zero attached hydrogens (tertiary/aromatic N) is 2. The largest absolute Gasteiger partial charge is 0.481 e. The molecule has 1 N–H and O–H groups in total. The lowest BCUT2D eigenvalue weighted by Gasteiger charge is -2.38. The van der Waals surface area contributed by atoms with Gasteiger partial charge in [-0.15, -0.1) is 0 Å². The maximum absolute atomic E-state index is 12.9. The molecular weight excluding hydrogens is 596 g/mol. The standard InChI is InChI=1S/C38H41BrN2O2/c1-41(28-30-16-8-4-9-17-30)25-13-12-23-38(42,24-22-29-14-6-3-7-15-29)36(31-18-10-5-11-19-31)34-27-32-26-33(39)20-21-35(32)40-37(34)43-2/h3-11,14-21,26-27,36,42H,12-13,22-25,28H2,1-2H3. The number of aliphatic hydroxyl groups is 1. The molecule has 43 heavy (non-hydrogen) atoms. The fourth-order valence-corrected chi connectivity index (χ4v) is 6.53. The Morgan fingerprint density at radius 1 is 0.814 bits per heavy atom. The molecule has 0 aliphatic carbocycles. The third-order valence-electron chi connectivity index (χ3n) is 8.33. The Kier molecular flexibility index (Phi) is 10.6. The average molecular weight is 638 g/mol. The molecule has 0 saturated carbocycles. The molecule has 0 aliphatic heterocycles. The van der Waals surface area contributed by atoms with Crippen LogP contribution in [0.25, 0.3) is 10.9 Å². The molecule has 0 radical (unpaired) electrons. The third kappa shape index (κ3) is 8.11. The van der Waals surface area contributed by atoms with E-state index in [0.29, 0.717) is 18.7 Å². The minimum Gasteiger partial charge on any atom is -0.481 e. The number of hydrogen-bond acceptors (Lipinski definition) is 4. The van der Waals surface area contributed by atoms with Crippen molar-refractivity contribution in [2.75, 3.05) is 20.7 Å². The Labute approximate surface area is 264 Å². The molecule has 5 heteroatoms. The van der Waals surface area contributed by atoms with Gasteiger partial charge in [0.05, 0.1) is 18.2 Å². The van der Waals surface area contributed by atoms with Crippen LogP contribution in [0.15, 0.2) is 120 Å². The number of benzene rings is 4. The van der Waals surface area contributed by atoms with Gasteiger partial charge in [0.25, 0.3) is 0 Å². The maximum Gasteiger partial charge on any atom is 0.217 e. The zero-order chi connectivity index (χ0) is 30.1. The SMILES string of the molecule is COc1nc2ccc(Br)cc2cc1C(c1ccccc1)C(O)(CCCCN(C)Cc1ccccc1)CCc1ccccc1. The van der Waals surface area contributed by atoms with Gasteiger partial charge in [-0.1, -0.05) is 107 Å². The Morgan fingerprint density at radius 2 is 1.47 bits per heavy atom. The smallest absolute Gasteiger partial charge is 0.217 e. The van der Waals surface area contributed by atoms with Crippen LogP contribution in [0.4, 0.5) is 0 Å². The van der Waals surface area contributed by atoms with Gasteiger partial charge < -0.3 is 14.7 Å². The summed E-state index contributed by atoms with van der Waals surface area (Å²) in [5.74, 6) is 0.245. The summed E-state index contributed by atoms with van der Waals surface area (Å²) < 4.78 is 6.91. The van der Waals surface area contributed by atoms with Crippen molar-refractivity contribution in [3.8, 4) is 5.88 Å². The number of rotatable bonds is 14. The second kappa shape index (κ2) is 14.8. The quantitative estimate of drug-likeness (QED) is 0.124. The second-order valence-corrected chi connectivity index (χ2v) is 12.5. The van der Waals surface area contributed by atoms with Crippen molar-refractivity contribution < 1.29 is 9.84 Å². The van der Waals surface area contributed by atoms with Crippen molar-refractivity contribution in [2.24, 2.45) is 0 Å². The van der Waals surface area contributed by atoms with Gasteiger partial charge >= 0.3 is 0 Å². The predicted octanol–water partition coefficient (Wildman–Crippen LogP) is 8.80. The van der Waals surface area contributed by atoms with E-state index in [9.17, 15) is 5.11 Å². The second-order valence-electron chi connectivity index (χ2n) is 11.5. The first-order valence-electron chi connectivity index (χ1n) is 15.1. The third-order valence-corrected chi connectivity index (χ3v) is 8.82. The monoisotopic (exact) mass is 636 g/mol. The molecule has 5 aromatic rings. The molecule has 0 amide bonds. The molecule has 0 fully saturated rings. The van der Waals surface area contributed by atoms with Gasteiger partial charge in [0, 0.05) is 27.9 Å². The zero-order valence-electron chi connectivity index (χ0n) is 25.1. The first-order chi connectivity index (χ1) is 20.9. The van der Waals surface area contributed by atoms with Gasteiger partial charge in [-0.3, -0.25) is 0 Å². The Bertz CT molecular complexity index is 1580. The average Bonchev–Trinajstić information content (AvgIpc) is 3.03. The van der Waals surface area contributed by atoms with Crippen molar-refractivity contribution >= 4 is 26.8 Å². The predicted molar refractivity (Wildman–Crippen MR) is 181 cm³/mol. The summed E-state index contributed by atoms with van der Waals surface area (Å²) in [5, 5.41) is 13.9. The number of ether oxygens (including phenoxy) is 1. The number of fused-ring (bicyclic) bond motifs is 1. The molecule has 0 spiro atoms. The van der Waals surface area contributed by atoms with Crippen molar-refractivity contribution in [3.63, 3.8) is 0 Å². The number of unbranched alkanes of at least 4 members (excludes halogenated alkanes) is 1. The number of aromatic nitrogens is 1. The molecule has 0 saturated heterocycles. The lowest BCUT2D eigenvalue weighted by atomic mass is 9.72. The summed E-state index contributed by atoms with van der Waals surface area (Å²) in [4.78, 5) is 7.27. The van der Waals surface area contributed by atoms with Crippen LogP contribution in [-0.4, -0.2) is 41.3 Å². The van der Waals surface area contributed by atoms with Crippen LogP contribution >= 0.6 is 15.9 Å². The van der Waals surface area contributed by atoms with E-state index in [1.54, 1.807) is 7.11 Å². The Balaban J connectivity index is 1.47. The van der Waals surface area contributed by atoms with Gasteiger partial charge in [-0.2, -0.15) is 0 Å². The Hall–Kier alpha value is -3.51. The zero-order valence-corrected chi connectivity index (χ0v) is 26.7. The minimum absolute atomic E-state index is 0.315. The number of hydrogen-bond donors (Lipinski definition) is 1. The number of methoxy groups -OCH3 is 1. The lowest BCUT2D eigenvalue weighted by Crippen LogP contribution is -2.38. The van der Waals surface area contributed by atoms with Crippen LogP contribution in [0.1, 0.15) is 53.9 Å². The van der Waals surface area contributed by atoms with Gasteiger partial charge in [-0.25, -0.2) is 4.98 Å². The van der Waals surface area contributed by atoms with E-state index in [1.165, 1.54) is 11.1 Å². The Morgan fingerprint density at radius 3 is 2.14 bits per heavy atom. The summed E-state index contributed by atoms with van der Waals surface area (Å²) in [6, 6.07) is 39.7. The van der Waals surface area contributed by atoms with E-state index in [4.69, 9.17) is 9.72 Å². The van der Waals surface area contributed by atoms with Crippen molar-refractivity contribution in [3.05, 3.63) is 142 Å². The van der Waals surface area contributed by atoms with E-state index in [-0.39, 0.29) is 5.92 Å². The van der Waals surface area contributed by atoms with E-state index in [1.807, 2.05) is 24.3 Å². The summed E-state index contributed by atoms with van der Waals surface area (Å²) in [5.41, 5.74) is 4.36. The van der Waals surface area contributed by atoms with E-state index in [0.717, 1.165) is 58.9 Å². The molecule has 2 unspecified atom stereocenters. The molecule has 2 atom stereocenters. The van der Waals surface area contributed by atoms with E-state index < -0.39 is 5.60 Å². The molecule has 0 aliphatic rings. The fourth-order valence-electron chi connectivity index (χ4n) is 6.15. The summed E-state index contributed by atoms with van der Waals surface area (Å²) in [7, 11) is 3.84. The maximum atomic E-state index is 12.9. The van der Waals surface area contributed by atoms with Gasteiger partial charge in [0.2, 0.25) is 5.88 Å². The normalized spacial score (nSPS) is 13.6. The van der Waals surface area contributed by atoms with Crippen LogP contribution in [0.5, 0.6) is 5.88 Å². The van der Waals surface area contributed by atoms with E-state index >= 15 is 0 Å². The van der Waals surface area contributed by atoms with E-state index in [2.05, 4.69) is 119 Å². The molecule has 4 aromatic carbocycles. The number of halogens is 1. The molecule has 5 rings (SSSR count). The van der Waals surface area contributed by atoms with Crippen LogP contribution in [0.3, 0.4) is 0 Å². The minimum atomic E-state index is -1.02. The summed E-state index contributed by atoms with van der Waals surface area (Å²) in [6.07, 6.45) is 3.97. The summed E-state index contributed by atoms with van der Waals surface area (Å²) >= 11 is 3.63. The topological polar surface area (TPSA) is 45.6 Å². The molecule has 222 valence electrons. The highest BCUT2D eigenvalue weighted by atomic mass is 79.9. The van der Waals surface area contributed by atoms with Crippen molar-refractivity contribution in [1.29, 1.82) is 0 Å². The first kappa shape index (κ1) is 30.9. The van der Waals surface area contributed by atoms with Crippen LogP contribution < -0.4 is 4.74 Å². The van der Waals surface area contributed by atoms with Crippen LogP contribution in [-0.2, 0) is 13.0 Å². The van der Waals surface area contributed by atoms with Crippen molar-refractivity contribution in [1.82, 2.24) is 9.88 Å². The first-order valence-corrected chi connectivity index (χ1v) is 15.9. The van der Waals surface area contributed by atoms with Crippen LogP contribution in [0, 0.1) is 0 Å². The number of aryl methyl sites for hydroxylation is 1. The van der Waals surface area contributed by atoms with Crippen LogP contribution in [0.2, 0.25) is 0 Å². The van der Waals surface area contributed by atoms with Gasteiger partial charge in [0.15, 0.2) is 0 Å². The fraction of sp³-hybridized carbons (Fsp3) is 0.289. The highest BCUT2D eigenvalue weighted by molar-refractivity contribution is 9.10. The lowest BCUT2D eigenvalue weighted by molar-refractivity contribution is 0.00342. The highest BCUT2D eigenvalue weighted by Gasteiger charge is 2.40. The molecule has 1 heterocycles. The van der Waals surface area contributed by atoms with Crippen molar-refractivity contribution in [2.45, 2.75) is 50.2 Å². The molecule has 1 aromatic heterocycles. The van der Waals surface area contributed by atoms with Gasteiger partial charge in [0.1, 0.15) is 0 Å². The highest BCUT2D eigenvalue weighted by Crippen LogP contribution is 2.45.